The Balaban J connectivity index is 2.09. The number of carbonyl (C=O) groups is 1. The summed E-state index contributed by atoms with van der Waals surface area (Å²) in [5, 5.41) is 0. The highest BCUT2D eigenvalue weighted by molar-refractivity contribution is 5.69. The van der Waals surface area contributed by atoms with Crippen LogP contribution < -0.4 is 4.74 Å². The fourth-order valence-electron chi connectivity index (χ4n) is 4.57. The Labute approximate surface area is 127 Å². The summed E-state index contributed by atoms with van der Waals surface area (Å²) in [4.78, 5) is 13.7. The van der Waals surface area contributed by atoms with Gasteiger partial charge in [-0.1, -0.05) is 19.9 Å². The number of fused-ring (bicyclic) bond motifs is 4. The van der Waals surface area contributed by atoms with E-state index in [2.05, 4.69) is 37.9 Å². The van der Waals surface area contributed by atoms with Crippen molar-refractivity contribution in [2.45, 2.75) is 51.5 Å². The molecule has 1 aliphatic heterocycles. The van der Waals surface area contributed by atoms with Gasteiger partial charge in [0.1, 0.15) is 5.75 Å². The molecule has 3 heteroatoms. The van der Waals surface area contributed by atoms with Gasteiger partial charge in [-0.2, -0.15) is 0 Å². The minimum absolute atomic E-state index is 0.237. The maximum atomic E-state index is 11.2. The average molecular weight is 287 g/mol. The molecule has 3 nitrogen and oxygen atoms in total. The maximum absolute atomic E-state index is 11.2. The van der Waals surface area contributed by atoms with E-state index in [1.165, 1.54) is 24.5 Å². The molecule has 1 aromatic carbocycles. The fourth-order valence-corrected chi connectivity index (χ4v) is 4.57. The number of likely N-dealkylation sites (N-methyl/N-ethyl adjacent to an activating group) is 1. The number of benzene rings is 1. The Kier molecular flexibility index (Phi) is 3.56. The Hall–Kier alpha value is -1.35. The first-order valence-electron chi connectivity index (χ1n) is 8.00. The number of piperidine rings is 1. The molecule has 1 fully saturated rings. The predicted octanol–water partition coefficient (Wildman–Crippen LogP) is 3.16. The van der Waals surface area contributed by atoms with E-state index in [0.717, 1.165) is 19.4 Å². The monoisotopic (exact) mass is 287 g/mol. The molecule has 3 atom stereocenters. The van der Waals surface area contributed by atoms with Crippen LogP contribution in [0.15, 0.2) is 18.2 Å². The largest absolute Gasteiger partial charge is 0.427 e. The van der Waals surface area contributed by atoms with Gasteiger partial charge in [0.2, 0.25) is 0 Å². The average Bonchev–Trinajstić information content (AvgIpc) is 2.44. The summed E-state index contributed by atoms with van der Waals surface area (Å²) >= 11 is 0. The highest BCUT2D eigenvalue weighted by atomic mass is 16.5. The second-order valence-corrected chi connectivity index (χ2v) is 6.71. The lowest BCUT2D eigenvalue weighted by Gasteiger charge is -2.55. The number of nitrogens with zero attached hydrogens (tertiary/aromatic N) is 1. The predicted molar refractivity (Wildman–Crippen MR) is 83.6 cm³/mol. The van der Waals surface area contributed by atoms with Crippen molar-refractivity contribution >= 4 is 5.97 Å². The van der Waals surface area contributed by atoms with Gasteiger partial charge in [0.05, 0.1) is 0 Å². The molecule has 0 radical (unpaired) electrons. The van der Waals surface area contributed by atoms with Crippen LogP contribution in [0.1, 0.15) is 44.7 Å². The second-order valence-electron chi connectivity index (χ2n) is 6.71. The molecule has 0 spiro atoms. The molecule has 1 heterocycles. The molecule has 0 saturated carbocycles. The van der Waals surface area contributed by atoms with Gasteiger partial charge in [0.15, 0.2) is 0 Å². The van der Waals surface area contributed by atoms with Crippen LogP contribution in [0.3, 0.4) is 0 Å². The molecule has 1 aromatic rings. The third-order valence-electron chi connectivity index (χ3n) is 5.86. The van der Waals surface area contributed by atoms with Crippen molar-refractivity contribution in [1.82, 2.24) is 4.90 Å². The number of esters is 1. The molecule has 2 aliphatic rings. The van der Waals surface area contributed by atoms with Gasteiger partial charge in [-0.3, -0.25) is 4.79 Å². The van der Waals surface area contributed by atoms with Crippen molar-refractivity contribution in [1.29, 1.82) is 0 Å². The first-order valence-corrected chi connectivity index (χ1v) is 8.00. The van der Waals surface area contributed by atoms with Crippen molar-refractivity contribution in [2.75, 3.05) is 13.6 Å². The third kappa shape index (κ3) is 2.18. The number of carbonyl (C=O) groups excluding carboxylic acids is 1. The first-order chi connectivity index (χ1) is 9.98. The van der Waals surface area contributed by atoms with E-state index in [4.69, 9.17) is 4.74 Å². The lowest BCUT2D eigenvalue weighted by Crippen LogP contribution is -2.57. The molecule has 1 saturated heterocycles. The zero-order valence-corrected chi connectivity index (χ0v) is 13.5. The van der Waals surface area contributed by atoms with Crippen LogP contribution in [0.5, 0.6) is 5.75 Å². The zero-order valence-electron chi connectivity index (χ0n) is 13.5. The standard InChI is InChI=1S/C18H25NO2/c1-5-18-8-9-19(4)17(12(18)2)10-14-6-7-15(11-16(14)18)21-13(3)20/h6-7,11-12,17H,5,8-10H2,1-4H3. The minimum Gasteiger partial charge on any atom is -0.427 e. The summed E-state index contributed by atoms with van der Waals surface area (Å²) in [5.41, 5.74) is 3.09. The van der Waals surface area contributed by atoms with E-state index in [1.807, 2.05) is 6.07 Å². The number of rotatable bonds is 2. The van der Waals surface area contributed by atoms with Crippen LogP contribution in [-0.2, 0) is 16.6 Å². The Morgan fingerprint density at radius 2 is 2.24 bits per heavy atom. The van der Waals surface area contributed by atoms with Gasteiger partial charge < -0.3 is 9.64 Å². The smallest absolute Gasteiger partial charge is 0.308 e. The van der Waals surface area contributed by atoms with Crippen LogP contribution >= 0.6 is 0 Å². The van der Waals surface area contributed by atoms with Crippen LogP contribution in [0.25, 0.3) is 0 Å². The lowest BCUT2D eigenvalue weighted by molar-refractivity contribution is -0.131. The summed E-state index contributed by atoms with van der Waals surface area (Å²) in [6, 6.07) is 6.86. The van der Waals surface area contributed by atoms with E-state index >= 15 is 0 Å². The number of hydrogen-bond donors (Lipinski definition) is 0. The lowest BCUT2D eigenvalue weighted by atomic mass is 9.57. The molecule has 2 bridgehead atoms. The number of ether oxygens (including phenoxy) is 1. The summed E-state index contributed by atoms with van der Waals surface area (Å²) in [6.45, 7) is 7.31. The van der Waals surface area contributed by atoms with Gasteiger partial charge in [-0.25, -0.2) is 0 Å². The summed E-state index contributed by atoms with van der Waals surface area (Å²) in [7, 11) is 2.25. The molecule has 1 aliphatic carbocycles. The SMILES string of the molecule is CCC12CCN(C)C(Cc3ccc(OC(C)=O)cc31)C2C. The molecule has 3 unspecified atom stereocenters. The van der Waals surface area contributed by atoms with Crippen LogP contribution in [0.4, 0.5) is 0 Å². The second kappa shape index (κ2) is 5.13. The van der Waals surface area contributed by atoms with Gasteiger partial charge in [0, 0.05) is 18.4 Å². The van der Waals surface area contributed by atoms with Crippen LogP contribution in [0.2, 0.25) is 0 Å². The van der Waals surface area contributed by atoms with E-state index < -0.39 is 0 Å². The summed E-state index contributed by atoms with van der Waals surface area (Å²) < 4.78 is 5.31. The van der Waals surface area contributed by atoms with Crippen molar-refractivity contribution in [3.8, 4) is 5.75 Å². The maximum Gasteiger partial charge on any atom is 0.308 e. The molecule has 3 rings (SSSR count). The van der Waals surface area contributed by atoms with Gasteiger partial charge in [-0.15, -0.1) is 0 Å². The quantitative estimate of drug-likeness (QED) is 0.618. The summed E-state index contributed by atoms with van der Waals surface area (Å²) in [5.74, 6) is 1.09. The van der Waals surface area contributed by atoms with Crippen molar-refractivity contribution < 1.29 is 9.53 Å². The normalized spacial score (nSPS) is 31.6. The van der Waals surface area contributed by atoms with E-state index in [9.17, 15) is 4.79 Å². The molecular weight excluding hydrogens is 262 g/mol. The highest BCUT2D eigenvalue weighted by Gasteiger charge is 2.49. The Morgan fingerprint density at radius 3 is 2.90 bits per heavy atom. The van der Waals surface area contributed by atoms with Crippen molar-refractivity contribution in [2.24, 2.45) is 5.92 Å². The Morgan fingerprint density at radius 1 is 1.48 bits per heavy atom. The molecule has 114 valence electrons. The van der Waals surface area contributed by atoms with E-state index in [-0.39, 0.29) is 11.4 Å². The molecule has 0 N–H and O–H groups in total. The van der Waals surface area contributed by atoms with Crippen molar-refractivity contribution in [3.05, 3.63) is 29.3 Å². The molecule has 21 heavy (non-hydrogen) atoms. The molecule has 0 aromatic heterocycles. The zero-order chi connectivity index (χ0) is 15.2. The number of hydrogen-bond acceptors (Lipinski definition) is 3. The van der Waals surface area contributed by atoms with Gasteiger partial charge >= 0.3 is 5.97 Å². The van der Waals surface area contributed by atoms with E-state index in [1.54, 1.807) is 0 Å². The minimum atomic E-state index is -0.245. The molecular formula is C18H25NO2. The first kappa shape index (κ1) is 14.6. The number of likely N-dealkylation sites (tertiary alicyclic amines) is 1. The van der Waals surface area contributed by atoms with Gasteiger partial charge in [0.25, 0.3) is 0 Å². The highest BCUT2D eigenvalue weighted by Crippen LogP contribution is 2.51. The third-order valence-corrected chi connectivity index (χ3v) is 5.86. The van der Waals surface area contributed by atoms with E-state index in [0.29, 0.717) is 17.7 Å². The van der Waals surface area contributed by atoms with Crippen molar-refractivity contribution in [3.63, 3.8) is 0 Å². The van der Waals surface area contributed by atoms with Crippen LogP contribution in [0, 0.1) is 5.92 Å². The van der Waals surface area contributed by atoms with Gasteiger partial charge in [-0.05, 0) is 62.0 Å². The Bertz CT molecular complexity index is 568. The molecule has 0 amide bonds. The topological polar surface area (TPSA) is 29.5 Å². The fraction of sp³-hybridized carbons (Fsp3) is 0.611. The summed E-state index contributed by atoms with van der Waals surface area (Å²) in [6.07, 6.45) is 3.44. The van der Waals surface area contributed by atoms with Crippen LogP contribution in [-0.4, -0.2) is 30.5 Å².